The Hall–Kier alpha value is -2.12. The van der Waals surface area contributed by atoms with Crippen LogP contribution in [0.2, 0.25) is 0 Å². The number of carbonyl (C=O) groups is 2. The molecule has 0 bridgehead atoms. The Morgan fingerprint density at radius 3 is 1.15 bits per heavy atom. The molecule has 1 fully saturated rings. The van der Waals surface area contributed by atoms with Crippen molar-refractivity contribution in [1.82, 2.24) is 5.32 Å². The van der Waals surface area contributed by atoms with Gasteiger partial charge in [0.1, 0.15) is 24.4 Å². The van der Waals surface area contributed by atoms with Crippen molar-refractivity contribution in [3.05, 3.63) is 36.5 Å². The Kier molecular flexibility index (Phi) is 63.2. The first-order chi connectivity index (χ1) is 43.2. The van der Waals surface area contributed by atoms with Crippen molar-refractivity contribution in [3.8, 4) is 0 Å². The van der Waals surface area contributed by atoms with Crippen LogP contribution in [0.5, 0.6) is 0 Å². The molecule has 0 saturated carbocycles. The molecule has 1 heterocycles. The van der Waals surface area contributed by atoms with Gasteiger partial charge in [-0.05, 0) is 64.2 Å². The molecule has 0 aromatic carbocycles. The highest BCUT2D eigenvalue weighted by atomic mass is 16.7. The van der Waals surface area contributed by atoms with Crippen LogP contribution in [0.4, 0.5) is 0 Å². The molecule has 11 nitrogen and oxygen atoms in total. The molecule has 1 amide bonds. The number of carbonyl (C=O) groups excluding carboxylic acids is 2. The predicted molar refractivity (Wildman–Crippen MR) is 371 cm³/mol. The second kappa shape index (κ2) is 66.3. The van der Waals surface area contributed by atoms with E-state index in [0.29, 0.717) is 19.4 Å². The lowest BCUT2D eigenvalue weighted by molar-refractivity contribution is -0.302. The van der Waals surface area contributed by atoms with Crippen LogP contribution in [0.25, 0.3) is 0 Å². The third-order valence-corrected chi connectivity index (χ3v) is 18.2. The fourth-order valence-electron chi connectivity index (χ4n) is 12.2. The minimum absolute atomic E-state index is 0.0147. The molecule has 1 rings (SSSR count). The number of hydrogen-bond acceptors (Lipinski definition) is 10. The van der Waals surface area contributed by atoms with Gasteiger partial charge < -0.3 is 45.1 Å². The first-order valence-corrected chi connectivity index (χ1v) is 38.3. The quantitative estimate of drug-likeness (QED) is 0.0195. The van der Waals surface area contributed by atoms with Crippen LogP contribution >= 0.6 is 0 Å². The van der Waals surface area contributed by atoms with E-state index in [1.165, 1.54) is 295 Å². The summed E-state index contributed by atoms with van der Waals surface area (Å²) in [6, 6.07) is -0.806. The zero-order valence-corrected chi connectivity index (χ0v) is 57.7. The molecule has 1 aliphatic heterocycles. The van der Waals surface area contributed by atoms with Crippen LogP contribution in [-0.4, -0.2) is 100 Å². The highest BCUT2D eigenvalue weighted by molar-refractivity contribution is 5.76. The maximum Gasteiger partial charge on any atom is 0.305 e. The Morgan fingerprint density at radius 1 is 0.420 bits per heavy atom. The summed E-state index contributed by atoms with van der Waals surface area (Å²) in [4.78, 5) is 25.1. The molecular weight excluding hydrogens is 1100 g/mol. The molecule has 88 heavy (non-hydrogen) atoms. The number of aliphatic hydroxyl groups excluding tert-OH is 5. The zero-order chi connectivity index (χ0) is 63.7. The van der Waals surface area contributed by atoms with Gasteiger partial charge in [0.15, 0.2) is 6.29 Å². The van der Waals surface area contributed by atoms with Gasteiger partial charge in [0, 0.05) is 12.8 Å². The minimum Gasteiger partial charge on any atom is -0.466 e. The van der Waals surface area contributed by atoms with Gasteiger partial charge in [-0.2, -0.15) is 0 Å². The molecule has 0 aromatic rings. The van der Waals surface area contributed by atoms with Crippen molar-refractivity contribution in [3.63, 3.8) is 0 Å². The summed E-state index contributed by atoms with van der Waals surface area (Å²) < 4.78 is 16.7. The number of allylic oxidation sites excluding steroid dienone is 5. The number of aliphatic hydroxyl groups is 5. The summed E-state index contributed by atoms with van der Waals surface area (Å²) in [6.45, 7) is 4.36. The summed E-state index contributed by atoms with van der Waals surface area (Å²) in [7, 11) is 0. The van der Waals surface area contributed by atoms with Crippen molar-refractivity contribution in [2.75, 3.05) is 19.8 Å². The molecule has 0 spiro atoms. The van der Waals surface area contributed by atoms with E-state index in [2.05, 4.69) is 43.5 Å². The molecule has 0 aromatic heterocycles. The second-order valence-electron chi connectivity index (χ2n) is 26.7. The van der Waals surface area contributed by atoms with Crippen molar-refractivity contribution >= 4 is 11.9 Å². The van der Waals surface area contributed by atoms with E-state index in [-0.39, 0.29) is 18.5 Å². The van der Waals surface area contributed by atoms with Gasteiger partial charge in [0.05, 0.1) is 32.0 Å². The van der Waals surface area contributed by atoms with E-state index >= 15 is 0 Å². The standard InChI is InChI=1S/C77H145NO10/c1-3-5-7-9-11-13-44-49-53-57-61-65-73(82)86-66-62-58-54-50-46-43-41-39-37-35-33-31-29-27-25-23-21-19-17-15-16-18-20-22-24-26-28-30-32-34-36-38-40-42-45-48-52-56-60-64-72(81)78-69(68-87-77-76(85)75(84)74(83)71(67-79)88-77)70(80)63-59-55-51-47-14-12-10-8-6-4-2/h15-16,19,21,59,63,69-71,74-77,79-80,83-85H,3-14,17-18,20,22-58,60-62,64-68H2,1-2H3,(H,78,81)/b16-15-,21-19-,63-59+. The molecule has 6 N–H and O–H groups in total. The summed E-state index contributed by atoms with van der Waals surface area (Å²) in [6.07, 6.45) is 76.1. The fourth-order valence-corrected chi connectivity index (χ4v) is 12.2. The number of hydrogen-bond donors (Lipinski definition) is 6. The minimum atomic E-state index is -1.57. The van der Waals surface area contributed by atoms with Crippen molar-refractivity contribution in [1.29, 1.82) is 0 Å². The molecular formula is C77H145NO10. The molecule has 7 atom stereocenters. The summed E-state index contributed by atoms with van der Waals surface area (Å²) in [5, 5.41) is 54.4. The number of nitrogens with one attached hydrogen (secondary N) is 1. The monoisotopic (exact) mass is 1240 g/mol. The molecule has 0 aliphatic carbocycles. The lowest BCUT2D eigenvalue weighted by Gasteiger charge is -2.40. The zero-order valence-electron chi connectivity index (χ0n) is 57.7. The highest BCUT2D eigenvalue weighted by Crippen LogP contribution is 2.24. The van der Waals surface area contributed by atoms with Crippen molar-refractivity contribution in [2.45, 2.75) is 423 Å². The maximum absolute atomic E-state index is 13.0. The second-order valence-corrected chi connectivity index (χ2v) is 26.7. The molecule has 7 unspecified atom stereocenters. The first kappa shape index (κ1) is 83.9. The third-order valence-electron chi connectivity index (χ3n) is 18.2. The lowest BCUT2D eigenvalue weighted by Crippen LogP contribution is -2.60. The van der Waals surface area contributed by atoms with Crippen molar-refractivity contribution in [2.24, 2.45) is 0 Å². The Balaban J connectivity index is 1.89. The SMILES string of the molecule is CCCCCCCCCC/C=C/C(O)C(COC1OC(CO)C(O)C(O)C1O)NC(=O)CCCCCCCCCCCCCCCCCCC/C=C\C/C=C\CCCCCCCCCCCCCCCCCOC(=O)CCCCCCCCCCCCC. The highest BCUT2D eigenvalue weighted by Gasteiger charge is 2.44. The fraction of sp³-hybridized carbons (Fsp3) is 0.896. The summed E-state index contributed by atoms with van der Waals surface area (Å²) >= 11 is 0. The predicted octanol–water partition coefficient (Wildman–Crippen LogP) is 20.1. The Bertz CT molecular complexity index is 1560. The van der Waals surface area contributed by atoms with E-state index in [0.717, 1.165) is 57.8 Å². The number of ether oxygens (including phenoxy) is 3. The van der Waals surface area contributed by atoms with E-state index in [1.807, 2.05) is 6.08 Å². The molecule has 0 radical (unpaired) electrons. The lowest BCUT2D eigenvalue weighted by atomic mass is 9.99. The average Bonchev–Trinajstić information content (AvgIpc) is 3.12. The van der Waals surface area contributed by atoms with Crippen molar-refractivity contribution < 1.29 is 49.3 Å². The van der Waals surface area contributed by atoms with E-state index in [9.17, 15) is 35.1 Å². The van der Waals surface area contributed by atoms with Crippen LogP contribution in [0.1, 0.15) is 380 Å². The first-order valence-electron chi connectivity index (χ1n) is 38.3. The van der Waals surface area contributed by atoms with Gasteiger partial charge >= 0.3 is 5.97 Å². The van der Waals surface area contributed by atoms with Gasteiger partial charge in [-0.15, -0.1) is 0 Å². The number of amides is 1. The van der Waals surface area contributed by atoms with Gasteiger partial charge in [-0.3, -0.25) is 9.59 Å². The Labute approximate surface area is 543 Å². The molecule has 1 saturated heterocycles. The number of esters is 1. The van der Waals surface area contributed by atoms with Gasteiger partial charge in [-0.1, -0.05) is 339 Å². The van der Waals surface area contributed by atoms with Crippen LogP contribution < -0.4 is 5.32 Å². The van der Waals surface area contributed by atoms with E-state index in [4.69, 9.17) is 14.2 Å². The summed E-state index contributed by atoms with van der Waals surface area (Å²) in [5.74, 6) is -0.164. The average molecular weight is 1250 g/mol. The Morgan fingerprint density at radius 2 is 0.761 bits per heavy atom. The van der Waals surface area contributed by atoms with Crippen LogP contribution in [-0.2, 0) is 23.8 Å². The van der Waals surface area contributed by atoms with Crippen LogP contribution in [0, 0.1) is 0 Å². The largest absolute Gasteiger partial charge is 0.466 e. The smallest absolute Gasteiger partial charge is 0.305 e. The molecule has 11 heteroatoms. The number of unbranched alkanes of at least 4 members (excludes halogenated alkanes) is 50. The molecule has 518 valence electrons. The van der Waals surface area contributed by atoms with Gasteiger partial charge in [0.2, 0.25) is 5.91 Å². The normalized spacial score (nSPS) is 17.9. The van der Waals surface area contributed by atoms with E-state index in [1.54, 1.807) is 6.08 Å². The van der Waals surface area contributed by atoms with Crippen LogP contribution in [0.15, 0.2) is 36.5 Å². The number of rotatable bonds is 68. The topological polar surface area (TPSA) is 175 Å². The van der Waals surface area contributed by atoms with Gasteiger partial charge in [0.25, 0.3) is 0 Å². The van der Waals surface area contributed by atoms with Gasteiger partial charge in [-0.25, -0.2) is 0 Å². The van der Waals surface area contributed by atoms with E-state index < -0.39 is 49.5 Å². The maximum atomic E-state index is 13.0. The van der Waals surface area contributed by atoms with Crippen LogP contribution in [0.3, 0.4) is 0 Å². The molecule has 1 aliphatic rings. The third kappa shape index (κ3) is 54.4. The summed E-state index contributed by atoms with van der Waals surface area (Å²) in [5.41, 5.74) is 0.